The maximum Gasteiger partial charge on any atom is 0.312 e. The van der Waals surface area contributed by atoms with E-state index in [1.807, 2.05) is 20.8 Å². The molecule has 0 radical (unpaired) electrons. The molecule has 0 aromatic heterocycles. The number of hydrogen-bond acceptors (Lipinski definition) is 6. The Labute approximate surface area is 178 Å². The van der Waals surface area contributed by atoms with Crippen molar-refractivity contribution < 1.29 is 29.0 Å². The molecular formula is C22H34N2O6. The molecule has 3 rings (SSSR count). The molecule has 1 N–H and O–H groups in total. The van der Waals surface area contributed by atoms with E-state index < -0.39 is 35.0 Å². The molecule has 168 valence electrons. The molecule has 8 heteroatoms. The Bertz CT molecular complexity index is 724. The van der Waals surface area contributed by atoms with Crippen molar-refractivity contribution in [2.24, 2.45) is 11.8 Å². The van der Waals surface area contributed by atoms with Gasteiger partial charge in [0.05, 0.1) is 18.1 Å². The third-order valence-electron chi connectivity index (χ3n) is 6.84. The predicted octanol–water partition coefficient (Wildman–Crippen LogP) is 1.12. The second-order valence-electron chi connectivity index (χ2n) is 8.96. The minimum Gasteiger partial charge on any atom is -0.466 e. The fourth-order valence-electron chi connectivity index (χ4n) is 5.63. The summed E-state index contributed by atoms with van der Waals surface area (Å²) >= 11 is 0. The predicted molar refractivity (Wildman–Crippen MR) is 109 cm³/mol. The average Bonchev–Trinajstić information content (AvgIpc) is 3.25. The molecule has 3 fully saturated rings. The lowest BCUT2D eigenvalue weighted by atomic mass is 9.66. The van der Waals surface area contributed by atoms with Crippen molar-refractivity contribution in [2.75, 3.05) is 26.3 Å². The number of carbonyl (C=O) groups excluding carboxylic acids is 3. The van der Waals surface area contributed by atoms with Crippen LogP contribution in [0, 0.1) is 11.8 Å². The molecule has 2 bridgehead atoms. The first-order valence-corrected chi connectivity index (χ1v) is 10.9. The number of hydrogen-bond donors (Lipinski definition) is 1. The molecule has 1 spiro atoms. The summed E-state index contributed by atoms with van der Waals surface area (Å²) in [6.45, 7) is 11.9. The zero-order valence-electron chi connectivity index (χ0n) is 18.4. The van der Waals surface area contributed by atoms with Crippen LogP contribution in [0.3, 0.4) is 0 Å². The molecule has 0 saturated carbocycles. The Hall–Kier alpha value is -1.93. The summed E-state index contributed by atoms with van der Waals surface area (Å²) in [5, 5.41) is 9.35. The number of esters is 1. The van der Waals surface area contributed by atoms with Gasteiger partial charge in [-0.15, -0.1) is 6.58 Å². The topological polar surface area (TPSA) is 96.4 Å². The van der Waals surface area contributed by atoms with Gasteiger partial charge in [0.1, 0.15) is 17.6 Å². The maximum atomic E-state index is 13.8. The highest BCUT2D eigenvalue weighted by Crippen LogP contribution is 2.63. The van der Waals surface area contributed by atoms with Crippen LogP contribution in [0.15, 0.2) is 12.7 Å². The number of aliphatic hydroxyl groups is 1. The van der Waals surface area contributed by atoms with Crippen LogP contribution < -0.4 is 0 Å². The maximum absolute atomic E-state index is 13.8. The average molecular weight is 423 g/mol. The second-order valence-corrected chi connectivity index (χ2v) is 8.96. The number of ether oxygens (including phenoxy) is 2. The lowest BCUT2D eigenvalue weighted by molar-refractivity contribution is -0.160. The van der Waals surface area contributed by atoms with Gasteiger partial charge in [-0.2, -0.15) is 0 Å². The highest BCUT2D eigenvalue weighted by Gasteiger charge is 2.78. The van der Waals surface area contributed by atoms with Crippen molar-refractivity contribution in [1.29, 1.82) is 0 Å². The normalized spacial score (nSPS) is 34.4. The van der Waals surface area contributed by atoms with Crippen molar-refractivity contribution in [2.45, 2.75) is 70.2 Å². The second kappa shape index (κ2) is 8.30. The molecule has 2 unspecified atom stereocenters. The molecule has 0 aliphatic carbocycles. The fraction of sp³-hybridized carbons (Fsp3) is 0.773. The molecule has 5 atom stereocenters. The van der Waals surface area contributed by atoms with Gasteiger partial charge < -0.3 is 24.4 Å². The molecule has 8 nitrogen and oxygen atoms in total. The van der Waals surface area contributed by atoms with Crippen LogP contribution in [0.1, 0.15) is 47.0 Å². The molecule has 0 aromatic rings. The van der Waals surface area contributed by atoms with E-state index in [-0.39, 0.29) is 37.6 Å². The van der Waals surface area contributed by atoms with Crippen molar-refractivity contribution >= 4 is 17.8 Å². The first-order valence-electron chi connectivity index (χ1n) is 10.9. The summed E-state index contributed by atoms with van der Waals surface area (Å²) in [7, 11) is 0. The Morgan fingerprint density at radius 2 is 2.13 bits per heavy atom. The number of aliphatic hydroxyl groups excluding tert-OH is 1. The molecule has 3 heterocycles. The van der Waals surface area contributed by atoms with E-state index in [0.29, 0.717) is 25.8 Å². The zero-order chi connectivity index (χ0) is 22.3. The van der Waals surface area contributed by atoms with Gasteiger partial charge in [0, 0.05) is 25.7 Å². The summed E-state index contributed by atoms with van der Waals surface area (Å²) in [5.41, 5.74) is -1.88. The molecule has 2 amide bonds. The van der Waals surface area contributed by atoms with Crippen LogP contribution in [0.5, 0.6) is 0 Å². The number of amides is 2. The zero-order valence-corrected chi connectivity index (χ0v) is 18.4. The van der Waals surface area contributed by atoms with E-state index in [1.54, 1.807) is 17.9 Å². The summed E-state index contributed by atoms with van der Waals surface area (Å²) in [6, 6.07) is -0.916. The van der Waals surface area contributed by atoms with Gasteiger partial charge in [0.15, 0.2) is 0 Å². The lowest BCUT2D eigenvalue weighted by Gasteiger charge is -2.38. The van der Waals surface area contributed by atoms with Gasteiger partial charge in [0.2, 0.25) is 11.8 Å². The van der Waals surface area contributed by atoms with Crippen LogP contribution in [0.4, 0.5) is 0 Å². The Morgan fingerprint density at radius 1 is 1.43 bits per heavy atom. The quantitative estimate of drug-likeness (QED) is 0.442. The Balaban J connectivity index is 2.06. The Morgan fingerprint density at radius 3 is 2.70 bits per heavy atom. The number of nitrogens with zero attached hydrogens (tertiary/aromatic N) is 2. The highest BCUT2D eigenvalue weighted by atomic mass is 16.6. The van der Waals surface area contributed by atoms with E-state index in [0.717, 1.165) is 0 Å². The number of rotatable bonds is 9. The molecule has 3 aliphatic rings. The smallest absolute Gasteiger partial charge is 0.312 e. The number of carbonyl (C=O) groups is 3. The van der Waals surface area contributed by atoms with Gasteiger partial charge in [-0.05, 0) is 47.0 Å². The van der Waals surface area contributed by atoms with Crippen molar-refractivity contribution in [3.8, 4) is 0 Å². The number of fused-ring (bicyclic) bond motifs is 1. The first-order chi connectivity index (χ1) is 14.2. The van der Waals surface area contributed by atoms with Gasteiger partial charge in [-0.3, -0.25) is 14.4 Å². The SMILES string of the molecule is C=CCN(C(=O)C1N(CCCO)C(=O)[C@@H]2[C@@H](C(=O)OCC)[C@@]3(C)CCC12O3)C(C)C. The van der Waals surface area contributed by atoms with Crippen molar-refractivity contribution in [3.05, 3.63) is 12.7 Å². The summed E-state index contributed by atoms with van der Waals surface area (Å²) in [5.74, 6) is -2.39. The highest BCUT2D eigenvalue weighted by molar-refractivity contribution is 5.98. The van der Waals surface area contributed by atoms with Crippen LogP contribution in [0.2, 0.25) is 0 Å². The standard InChI is InChI=1S/C22H34N2O6/c1-6-11-23(14(3)4)19(27)17-22-10-9-21(5,30-22)16(20(28)29-7-2)15(22)18(26)24(17)12-8-13-25/h6,14-17,25H,1,7-13H2,2-5H3/t15-,16-,17?,21+,22?/m0/s1. The van der Waals surface area contributed by atoms with Gasteiger partial charge >= 0.3 is 5.97 Å². The minimum absolute atomic E-state index is 0.0872. The van der Waals surface area contributed by atoms with E-state index in [1.165, 1.54) is 4.90 Å². The third kappa shape index (κ3) is 3.24. The number of likely N-dealkylation sites (tertiary alicyclic amines) is 1. The summed E-state index contributed by atoms with van der Waals surface area (Å²) < 4.78 is 11.8. The molecular weight excluding hydrogens is 388 g/mol. The monoisotopic (exact) mass is 422 g/mol. The summed E-state index contributed by atoms with van der Waals surface area (Å²) in [4.78, 5) is 43.4. The van der Waals surface area contributed by atoms with E-state index in [9.17, 15) is 19.5 Å². The first kappa shape index (κ1) is 22.7. The fourth-order valence-corrected chi connectivity index (χ4v) is 5.63. The van der Waals surface area contributed by atoms with Crippen LogP contribution in [0.25, 0.3) is 0 Å². The minimum atomic E-state index is -1.05. The van der Waals surface area contributed by atoms with E-state index in [4.69, 9.17) is 9.47 Å². The molecule has 0 aromatic carbocycles. The van der Waals surface area contributed by atoms with Crippen molar-refractivity contribution in [1.82, 2.24) is 9.80 Å². The van der Waals surface area contributed by atoms with Crippen LogP contribution in [-0.4, -0.2) is 82.3 Å². The van der Waals surface area contributed by atoms with Crippen LogP contribution >= 0.6 is 0 Å². The lowest BCUT2D eigenvalue weighted by Crippen LogP contribution is -2.57. The molecule has 30 heavy (non-hydrogen) atoms. The van der Waals surface area contributed by atoms with Crippen LogP contribution in [-0.2, 0) is 23.9 Å². The van der Waals surface area contributed by atoms with Gasteiger partial charge in [0.25, 0.3) is 0 Å². The third-order valence-corrected chi connectivity index (χ3v) is 6.84. The Kier molecular flexibility index (Phi) is 6.30. The molecule has 3 saturated heterocycles. The largest absolute Gasteiger partial charge is 0.466 e. The summed E-state index contributed by atoms with van der Waals surface area (Å²) in [6.07, 6.45) is 3.13. The van der Waals surface area contributed by atoms with Crippen molar-refractivity contribution in [3.63, 3.8) is 0 Å². The molecule has 3 aliphatic heterocycles. The van der Waals surface area contributed by atoms with E-state index >= 15 is 0 Å². The van der Waals surface area contributed by atoms with E-state index in [2.05, 4.69) is 6.58 Å². The van der Waals surface area contributed by atoms with Gasteiger partial charge in [-0.1, -0.05) is 6.08 Å². The van der Waals surface area contributed by atoms with Gasteiger partial charge in [-0.25, -0.2) is 0 Å².